The third-order valence-electron chi connectivity index (χ3n) is 2.78. The number of aliphatic hydroxyl groups excluding tert-OH is 1. The standard InChI is InChI=1S/C11H14BBrO4/c1-2-8-10-7(13)3-4-9(16-6-5-14)11(10)12(15)17-8/h3-4,8,14-15H,2,5-6H2,1H3/t8-/m1/s1. The molecule has 2 rings (SSSR count). The van der Waals surface area contributed by atoms with Crippen molar-refractivity contribution in [2.75, 3.05) is 13.2 Å². The Morgan fingerprint density at radius 2 is 2.29 bits per heavy atom. The molecule has 0 bridgehead atoms. The highest BCUT2D eigenvalue weighted by molar-refractivity contribution is 9.10. The first-order valence-corrected chi connectivity index (χ1v) is 6.37. The predicted octanol–water partition coefficient (Wildman–Crippen LogP) is 0.989. The Bertz CT molecular complexity index is 413. The number of halogens is 1. The number of fused-ring (bicyclic) bond motifs is 1. The quantitative estimate of drug-likeness (QED) is 0.814. The van der Waals surface area contributed by atoms with Crippen molar-refractivity contribution in [1.82, 2.24) is 0 Å². The van der Waals surface area contributed by atoms with Crippen LogP contribution in [0.3, 0.4) is 0 Å². The van der Waals surface area contributed by atoms with Gasteiger partial charge in [-0.1, -0.05) is 22.9 Å². The van der Waals surface area contributed by atoms with E-state index in [4.69, 9.17) is 14.5 Å². The summed E-state index contributed by atoms with van der Waals surface area (Å²) in [7, 11) is -0.957. The fourth-order valence-electron chi connectivity index (χ4n) is 2.05. The summed E-state index contributed by atoms with van der Waals surface area (Å²) in [5.41, 5.74) is 1.61. The summed E-state index contributed by atoms with van der Waals surface area (Å²) < 4.78 is 11.8. The zero-order valence-electron chi connectivity index (χ0n) is 9.52. The number of rotatable bonds is 4. The Morgan fingerprint density at radius 3 is 2.94 bits per heavy atom. The van der Waals surface area contributed by atoms with E-state index in [9.17, 15) is 5.02 Å². The normalized spacial score (nSPS) is 18.4. The van der Waals surface area contributed by atoms with Gasteiger partial charge < -0.3 is 19.5 Å². The summed E-state index contributed by atoms with van der Waals surface area (Å²) in [6.45, 7) is 2.15. The van der Waals surface area contributed by atoms with Gasteiger partial charge >= 0.3 is 7.12 Å². The lowest BCUT2D eigenvalue weighted by atomic mass is 9.78. The van der Waals surface area contributed by atoms with Crippen molar-refractivity contribution in [3.05, 3.63) is 22.2 Å². The van der Waals surface area contributed by atoms with Crippen LogP contribution in [0.15, 0.2) is 16.6 Å². The molecule has 0 saturated carbocycles. The minimum atomic E-state index is -0.957. The molecular formula is C11H14BBrO4. The summed E-state index contributed by atoms with van der Waals surface area (Å²) in [6.07, 6.45) is 0.665. The van der Waals surface area contributed by atoms with Gasteiger partial charge in [0.05, 0.1) is 12.7 Å². The molecule has 1 aromatic rings. The average Bonchev–Trinajstić information content (AvgIpc) is 2.67. The zero-order chi connectivity index (χ0) is 12.4. The molecule has 0 fully saturated rings. The molecule has 6 heteroatoms. The van der Waals surface area contributed by atoms with E-state index in [0.717, 1.165) is 16.5 Å². The lowest BCUT2D eigenvalue weighted by Gasteiger charge is -2.13. The summed E-state index contributed by atoms with van der Waals surface area (Å²) in [6, 6.07) is 3.64. The second-order valence-electron chi connectivity index (χ2n) is 3.83. The highest BCUT2D eigenvalue weighted by atomic mass is 79.9. The van der Waals surface area contributed by atoms with E-state index in [0.29, 0.717) is 11.2 Å². The van der Waals surface area contributed by atoms with E-state index >= 15 is 0 Å². The number of hydrogen-bond donors (Lipinski definition) is 2. The number of benzene rings is 1. The highest BCUT2D eigenvalue weighted by Crippen LogP contribution is 2.35. The van der Waals surface area contributed by atoms with Gasteiger partial charge in [-0.05, 0) is 24.1 Å². The minimum absolute atomic E-state index is 0.0566. The van der Waals surface area contributed by atoms with E-state index in [1.807, 2.05) is 13.0 Å². The SMILES string of the molecule is CC[C@H]1OB(O)c2c(OCCO)ccc(Br)c21. The maximum absolute atomic E-state index is 9.90. The molecule has 1 aromatic carbocycles. The number of hydrogen-bond acceptors (Lipinski definition) is 4. The van der Waals surface area contributed by atoms with Crippen molar-refractivity contribution in [2.24, 2.45) is 0 Å². The first-order chi connectivity index (χ1) is 8.19. The van der Waals surface area contributed by atoms with Crippen LogP contribution in [0.1, 0.15) is 25.0 Å². The predicted molar refractivity (Wildman–Crippen MR) is 68.4 cm³/mol. The van der Waals surface area contributed by atoms with Crippen molar-refractivity contribution in [2.45, 2.75) is 19.4 Å². The molecule has 1 atom stereocenters. The molecule has 0 radical (unpaired) electrons. The molecule has 1 aliphatic heterocycles. The van der Waals surface area contributed by atoms with Gasteiger partial charge in [-0.3, -0.25) is 0 Å². The molecule has 0 saturated heterocycles. The minimum Gasteiger partial charge on any atom is -0.492 e. The molecule has 2 N–H and O–H groups in total. The second-order valence-corrected chi connectivity index (χ2v) is 4.68. The van der Waals surface area contributed by atoms with E-state index < -0.39 is 7.12 Å². The van der Waals surface area contributed by atoms with Gasteiger partial charge in [-0.25, -0.2) is 0 Å². The largest absolute Gasteiger partial charge is 0.495 e. The topological polar surface area (TPSA) is 58.9 Å². The second kappa shape index (κ2) is 5.39. The molecule has 17 heavy (non-hydrogen) atoms. The Morgan fingerprint density at radius 1 is 1.53 bits per heavy atom. The molecule has 0 aromatic heterocycles. The van der Waals surface area contributed by atoms with Crippen LogP contribution in [0.4, 0.5) is 0 Å². The summed E-state index contributed by atoms with van der Waals surface area (Å²) >= 11 is 3.46. The molecule has 1 heterocycles. The summed E-state index contributed by atoms with van der Waals surface area (Å²) in [5, 5.41) is 18.7. The lowest BCUT2D eigenvalue weighted by Crippen LogP contribution is -2.30. The van der Waals surface area contributed by atoms with Crippen LogP contribution in [0.25, 0.3) is 0 Å². The van der Waals surface area contributed by atoms with Crippen LogP contribution >= 0.6 is 15.9 Å². The molecule has 0 unspecified atom stereocenters. The number of ether oxygens (including phenoxy) is 1. The Balaban J connectivity index is 2.42. The molecule has 1 aliphatic rings. The monoisotopic (exact) mass is 300 g/mol. The molecule has 0 aliphatic carbocycles. The van der Waals surface area contributed by atoms with Gasteiger partial charge in [-0.2, -0.15) is 0 Å². The van der Waals surface area contributed by atoms with Gasteiger partial charge in [0.15, 0.2) is 0 Å². The van der Waals surface area contributed by atoms with Crippen LogP contribution < -0.4 is 10.2 Å². The lowest BCUT2D eigenvalue weighted by molar-refractivity contribution is 0.186. The zero-order valence-corrected chi connectivity index (χ0v) is 11.1. The molecule has 0 spiro atoms. The third kappa shape index (κ3) is 2.35. The van der Waals surface area contributed by atoms with Crippen molar-refractivity contribution in [3.8, 4) is 5.75 Å². The van der Waals surface area contributed by atoms with Crippen LogP contribution in [-0.2, 0) is 4.65 Å². The molecule has 4 nitrogen and oxygen atoms in total. The highest BCUT2D eigenvalue weighted by Gasteiger charge is 2.38. The van der Waals surface area contributed by atoms with E-state index in [1.54, 1.807) is 6.07 Å². The summed E-state index contributed by atoms with van der Waals surface area (Å²) in [5.74, 6) is 0.570. The smallest absolute Gasteiger partial charge is 0.492 e. The maximum Gasteiger partial charge on any atom is 0.495 e. The van der Waals surface area contributed by atoms with Gasteiger partial charge in [-0.15, -0.1) is 0 Å². The maximum atomic E-state index is 9.90. The Kier molecular flexibility index (Phi) is 4.09. The van der Waals surface area contributed by atoms with Crippen molar-refractivity contribution < 1.29 is 19.5 Å². The Labute approximate surface area is 109 Å². The van der Waals surface area contributed by atoms with Gasteiger partial charge in [0.25, 0.3) is 0 Å². The van der Waals surface area contributed by atoms with E-state index in [2.05, 4.69) is 15.9 Å². The van der Waals surface area contributed by atoms with Gasteiger partial charge in [0.2, 0.25) is 0 Å². The molecule has 0 amide bonds. The third-order valence-corrected chi connectivity index (χ3v) is 3.47. The van der Waals surface area contributed by atoms with Crippen molar-refractivity contribution in [3.63, 3.8) is 0 Å². The first-order valence-electron chi connectivity index (χ1n) is 5.58. The van der Waals surface area contributed by atoms with E-state index in [-0.39, 0.29) is 19.3 Å². The van der Waals surface area contributed by atoms with Crippen molar-refractivity contribution in [1.29, 1.82) is 0 Å². The number of aliphatic hydroxyl groups is 1. The van der Waals surface area contributed by atoms with Gasteiger partial charge in [0, 0.05) is 9.94 Å². The van der Waals surface area contributed by atoms with E-state index in [1.165, 1.54) is 0 Å². The van der Waals surface area contributed by atoms with Crippen LogP contribution in [0.2, 0.25) is 0 Å². The van der Waals surface area contributed by atoms with Crippen molar-refractivity contribution >= 4 is 28.5 Å². The van der Waals surface area contributed by atoms with Gasteiger partial charge in [0.1, 0.15) is 12.4 Å². The fourth-order valence-corrected chi connectivity index (χ4v) is 2.65. The van der Waals surface area contributed by atoms with Crippen LogP contribution in [0.5, 0.6) is 5.75 Å². The first kappa shape index (κ1) is 12.9. The fraction of sp³-hybridized carbons (Fsp3) is 0.455. The average molecular weight is 301 g/mol. The van der Waals surface area contributed by atoms with Crippen LogP contribution in [0, 0.1) is 0 Å². The summed E-state index contributed by atoms with van der Waals surface area (Å²) in [4.78, 5) is 0. The Hall–Kier alpha value is -0.555. The molecule has 92 valence electrons. The van der Waals surface area contributed by atoms with Crippen LogP contribution in [-0.4, -0.2) is 30.5 Å². The molecular weight excluding hydrogens is 287 g/mol.